The minimum absolute atomic E-state index is 0.0839. The average Bonchev–Trinajstić information content (AvgIpc) is 2.73. The Morgan fingerprint density at radius 2 is 2.28 bits per heavy atom. The molecule has 0 bridgehead atoms. The molecule has 0 spiro atoms. The van der Waals surface area contributed by atoms with E-state index in [9.17, 15) is 9.18 Å². The molecule has 0 unspecified atom stereocenters. The molecule has 0 amide bonds. The molecule has 0 aliphatic carbocycles. The fourth-order valence-corrected chi connectivity index (χ4v) is 2.38. The summed E-state index contributed by atoms with van der Waals surface area (Å²) < 4.78 is 14.3. The number of rotatable bonds is 4. The number of aromatic carboxylic acids is 1. The van der Waals surface area contributed by atoms with Crippen LogP contribution in [0.1, 0.15) is 15.2 Å². The maximum Gasteiger partial charge on any atom is 0.338 e. The number of pyridine rings is 1. The van der Waals surface area contributed by atoms with Crippen LogP contribution in [0, 0.1) is 5.82 Å². The van der Waals surface area contributed by atoms with Gasteiger partial charge in [0.2, 0.25) is 0 Å². The molecule has 0 radical (unpaired) electrons. The zero-order valence-electron chi connectivity index (χ0n) is 8.98. The quantitative estimate of drug-likeness (QED) is 0.906. The first-order chi connectivity index (χ1) is 8.58. The molecule has 18 heavy (non-hydrogen) atoms. The topological polar surface area (TPSA) is 62.2 Å². The van der Waals surface area contributed by atoms with Gasteiger partial charge in [0.15, 0.2) is 11.6 Å². The van der Waals surface area contributed by atoms with Crippen molar-refractivity contribution < 1.29 is 14.3 Å². The highest BCUT2D eigenvalue weighted by Gasteiger charge is 2.14. The van der Waals surface area contributed by atoms with Gasteiger partial charge in [0, 0.05) is 11.1 Å². The van der Waals surface area contributed by atoms with Crippen molar-refractivity contribution in [1.29, 1.82) is 0 Å². The highest BCUT2D eigenvalue weighted by atomic mass is 35.5. The largest absolute Gasteiger partial charge is 0.478 e. The molecule has 2 aromatic heterocycles. The van der Waals surface area contributed by atoms with Gasteiger partial charge in [-0.25, -0.2) is 14.2 Å². The fraction of sp³-hybridized carbons (Fsp3) is 0.0909. The number of nitrogens with one attached hydrogen (secondary N) is 1. The van der Waals surface area contributed by atoms with Crippen molar-refractivity contribution in [3.8, 4) is 0 Å². The van der Waals surface area contributed by atoms with Crippen molar-refractivity contribution in [3.63, 3.8) is 0 Å². The summed E-state index contributed by atoms with van der Waals surface area (Å²) >= 11 is 7.12. The minimum atomic E-state index is -1.32. The standard InChI is InChI=1S/C11H8ClFN2O2S/c12-8-2-1-6(18-8)5-15-10-9(13)7(11(16)17)3-4-14-10/h1-4H,5H2,(H,14,15)(H,16,17). The predicted octanol–water partition coefficient (Wildman–Crippen LogP) is 3.25. The zero-order valence-corrected chi connectivity index (χ0v) is 10.6. The SMILES string of the molecule is O=C(O)c1ccnc(NCc2ccc(Cl)s2)c1F. The van der Waals surface area contributed by atoms with Crippen molar-refractivity contribution >= 4 is 34.7 Å². The molecule has 7 heteroatoms. The third-order valence-electron chi connectivity index (χ3n) is 2.18. The molecule has 0 aliphatic rings. The lowest BCUT2D eigenvalue weighted by Gasteiger charge is -2.06. The Bertz CT molecular complexity index is 588. The summed E-state index contributed by atoms with van der Waals surface area (Å²) in [6.45, 7) is 0.338. The molecule has 0 aromatic carbocycles. The molecular weight excluding hydrogens is 279 g/mol. The molecule has 0 aliphatic heterocycles. The van der Waals surface area contributed by atoms with Gasteiger partial charge in [0.25, 0.3) is 0 Å². The molecule has 0 saturated carbocycles. The van der Waals surface area contributed by atoms with Gasteiger partial charge >= 0.3 is 5.97 Å². The summed E-state index contributed by atoms with van der Waals surface area (Å²) in [6, 6.07) is 4.66. The molecular formula is C11H8ClFN2O2S. The van der Waals surface area contributed by atoms with E-state index < -0.39 is 17.3 Å². The summed E-state index contributed by atoms with van der Waals surface area (Å²) in [5, 5.41) is 11.5. The molecule has 4 nitrogen and oxygen atoms in total. The summed E-state index contributed by atoms with van der Waals surface area (Å²) in [7, 11) is 0. The summed E-state index contributed by atoms with van der Waals surface area (Å²) in [5.41, 5.74) is -0.406. The van der Waals surface area contributed by atoms with E-state index in [0.29, 0.717) is 10.9 Å². The Morgan fingerprint density at radius 1 is 1.50 bits per heavy atom. The first kappa shape index (κ1) is 12.8. The lowest BCUT2D eigenvalue weighted by molar-refractivity contribution is 0.0692. The number of hydrogen-bond donors (Lipinski definition) is 2. The van der Waals surface area contributed by atoms with E-state index in [1.165, 1.54) is 17.5 Å². The molecule has 2 heterocycles. The first-order valence-corrected chi connectivity index (χ1v) is 6.13. The van der Waals surface area contributed by atoms with Crippen LogP contribution in [0.3, 0.4) is 0 Å². The Hall–Kier alpha value is -1.66. The molecule has 0 saturated heterocycles. The van der Waals surface area contributed by atoms with Crippen molar-refractivity contribution in [2.75, 3.05) is 5.32 Å². The Morgan fingerprint density at radius 3 is 2.89 bits per heavy atom. The Labute approximate surface area is 111 Å². The smallest absolute Gasteiger partial charge is 0.338 e. The summed E-state index contributed by atoms with van der Waals surface area (Å²) in [6.07, 6.45) is 1.25. The summed E-state index contributed by atoms with van der Waals surface area (Å²) in [5.74, 6) is -2.27. The average molecular weight is 287 g/mol. The number of anilines is 1. The van der Waals surface area contributed by atoms with Crippen LogP contribution < -0.4 is 5.32 Å². The van der Waals surface area contributed by atoms with Gasteiger partial charge in [-0.1, -0.05) is 11.6 Å². The molecule has 2 rings (SSSR count). The fourth-order valence-electron chi connectivity index (χ4n) is 1.35. The van der Waals surface area contributed by atoms with Crippen LogP contribution in [0.15, 0.2) is 24.4 Å². The van der Waals surface area contributed by atoms with Gasteiger partial charge < -0.3 is 10.4 Å². The van der Waals surface area contributed by atoms with Gasteiger partial charge in [-0.05, 0) is 18.2 Å². The molecule has 94 valence electrons. The molecule has 0 atom stereocenters. The van der Waals surface area contributed by atoms with E-state index in [2.05, 4.69) is 10.3 Å². The second-order valence-electron chi connectivity index (χ2n) is 3.39. The van der Waals surface area contributed by atoms with Gasteiger partial charge in [0.1, 0.15) is 5.56 Å². The predicted molar refractivity (Wildman–Crippen MR) is 67.8 cm³/mol. The van der Waals surface area contributed by atoms with Gasteiger partial charge in [-0.3, -0.25) is 0 Å². The van der Waals surface area contributed by atoms with Crippen molar-refractivity contribution in [1.82, 2.24) is 4.98 Å². The van der Waals surface area contributed by atoms with Gasteiger partial charge in [0.05, 0.1) is 10.9 Å². The highest BCUT2D eigenvalue weighted by Crippen LogP contribution is 2.23. The molecule has 2 N–H and O–H groups in total. The number of carbonyl (C=O) groups is 1. The van der Waals surface area contributed by atoms with Crippen LogP contribution in [0.25, 0.3) is 0 Å². The lowest BCUT2D eigenvalue weighted by Crippen LogP contribution is -2.07. The number of halogens is 2. The van der Waals surface area contributed by atoms with E-state index in [-0.39, 0.29) is 5.82 Å². The van der Waals surface area contributed by atoms with Crippen LogP contribution in [-0.4, -0.2) is 16.1 Å². The maximum absolute atomic E-state index is 13.7. The molecule has 0 fully saturated rings. The third kappa shape index (κ3) is 2.77. The van der Waals surface area contributed by atoms with Crippen LogP contribution in [0.4, 0.5) is 10.2 Å². The van der Waals surface area contributed by atoms with E-state index in [0.717, 1.165) is 10.9 Å². The number of carboxylic acid groups (broad SMARTS) is 1. The second-order valence-corrected chi connectivity index (χ2v) is 5.19. The normalized spacial score (nSPS) is 10.3. The van der Waals surface area contributed by atoms with Crippen molar-refractivity contribution in [2.45, 2.75) is 6.54 Å². The van der Waals surface area contributed by atoms with Crippen LogP contribution in [0.5, 0.6) is 0 Å². The zero-order chi connectivity index (χ0) is 13.1. The number of aromatic nitrogens is 1. The number of thiophene rings is 1. The highest BCUT2D eigenvalue weighted by molar-refractivity contribution is 7.16. The lowest BCUT2D eigenvalue weighted by atomic mass is 10.2. The van der Waals surface area contributed by atoms with E-state index in [4.69, 9.17) is 16.7 Å². The van der Waals surface area contributed by atoms with E-state index in [1.807, 2.05) is 0 Å². The van der Waals surface area contributed by atoms with E-state index >= 15 is 0 Å². The van der Waals surface area contributed by atoms with Crippen LogP contribution in [-0.2, 0) is 6.54 Å². The van der Waals surface area contributed by atoms with Gasteiger partial charge in [-0.15, -0.1) is 11.3 Å². The van der Waals surface area contributed by atoms with Gasteiger partial charge in [-0.2, -0.15) is 0 Å². The third-order valence-corrected chi connectivity index (χ3v) is 3.41. The van der Waals surface area contributed by atoms with Crippen molar-refractivity contribution in [2.24, 2.45) is 0 Å². The Kier molecular flexibility index (Phi) is 3.78. The number of nitrogens with zero attached hydrogens (tertiary/aromatic N) is 1. The maximum atomic E-state index is 13.7. The van der Waals surface area contributed by atoms with Crippen LogP contribution >= 0.6 is 22.9 Å². The number of hydrogen-bond acceptors (Lipinski definition) is 4. The Balaban J connectivity index is 2.14. The minimum Gasteiger partial charge on any atom is -0.478 e. The second kappa shape index (κ2) is 5.32. The first-order valence-electron chi connectivity index (χ1n) is 4.94. The van der Waals surface area contributed by atoms with Crippen LogP contribution in [0.2, 0.25) is 4.34 Å². The monoisotopic (exact) mass is 286 g/mol. The number of carboxylic acids is 1. The van der Waals surface area contributed by atoms with E-state index in [1.54, 1.807) is 12.1 Å². The molecule has 2 aromatic rings. The summed E-state index contributed by atoms with van der Waals surface area (Å²) in [4.78, 5) is 15.4. The van der Waals surface area contributed by atoms with Crippen molar-refractivity contribution in [3.05, 3.63) is 45.0 Å².